The average Bonchev–Trinajstić information content (AvgIpc) is 3.11. The highest BCUT2D eigenvalue weighted by molar-refractivity contribution is 5.37. The van der Waals surface area contributed by atoms with Gasteiger partial charge in [-0.2, -0.15) is 0 Å². The molecule has 7 heteroatoms. The lowest BCUT2D eigenvalue weighted by Crippen LogP contribution is -2.38. The normalized spacial score (nSPS) is 22.8. The molecule has 2 N–H and O–H groups in total. The monoisotopic (exact) mass is 336 g/mol. The van der Waals surface area contributed by atoms with Gasteiger partial charge >= 0.3 is 0 Å². The first kappa shape index (κ1) is 17.5. The number of ether oxygens (including phenoxy) is 2. The highest BCUT2D eigenvalue weighted by atomic mass is 16.5. The maximum Gasteiger partial charge on any atom is 0.156 e. The van der Waals surface area contributed by atoms with Crippen LogP contribution in [-0.4, -0.2) is 72.6 Å². The third kappa shape index (κ3) is 4.86. The molecule has 0 saturated carbocycles. The van der Waals surface area contributed by atoms with Crippen LogP contribution in [0.2, 0.25) is 0 Å². The molecule has 1 aromatic heterocycles. The summed E-state index contributed by atoms with van der Waals surface area (Å²) in [5.74, 6) is 1.93. The van der Waals surface area contributed by atoms with Crippen molar-refractivity contribution in [2.45, 2.75) is 37.9 Å². The summed E-state index contributed by atoms with van der Waals surface area (Å²) in [6, 6.07) is 2.04. The van der Waals surface area contributed by atoms with Crippen LogP contribution in [-0.2, 0) is 16.1 Å². The molecular weight excluding hydrogens is 308 g/mol. The van der Waals surface area contributed by atoms with Gasteiger partial charge in [-0.15, -0.1) is 0 Å². The Bertz CT molecular complexity index is 515. The van der Waals surface area contributed by atoms with Crippen molar-refractivity contribution in [2.75, 3.05) is 51.8 Å². The van der Waals surface area contributed by atoms with Gasteiger partial charge in [-0.3, -0.25) is 0 Å². The van der Waals surface area contributed by atoms with E-state index in [1.807, 2.05) is 6.07 Å². The van der Waals surface area contributed by atoms with E-state index >= 15 is 0 Å². The first-order valence-corrected chi connectivity index (χ1v) is 8.83. The Morgan fingerprint density at radius 2 is 2.17 bits per heavy atom. The van der Waals surface area contributed by atoms with E-state index in [-0.39, 0.29) is 6.10 Å². The highest BCUT2D eigenvalue weighted by Crippen LogP contribution is 2.25. The predicted octanol–water partition coefficient (Wildman–Crippen LogP) is 0.995. The van der Waals surface area contributed by atoms with Crippen LogP contribution in [0.1, 0.15) is 36.7 Å². The number of nitrogens with zero attached hydrogens (tertiary/aromatic N) is 3. The molecule has 0 radical (unpaired) electrons. The van der Waals surface area contributed by atoms with E-state index in [9.17, 15) is 5.11 Å². The molecule has 7 nitrogen and oxygen atoms in total. The summed E-state index contributed by atoms with van der Waals surface area (Å²) < 4.78 is 10.7. The zero-order chi connectivity index (χ0) is 16.8. The minimum Gasteiger partial charge on any atom is -0.393 e. The second-order valence-corrected chi connectivity index (χ2v) is 6.59. The van der Waals surface area contributed by atoms with Crippen LogP contribution >= 0.6 is 0 Å². The number of anilines is 1. The fourth-order valence-electron chi connectivity index (χ4n) is 3.26. The lowest BCUT2D eigenvalue weighted by Gasteiger charge is -2.29. The van der Waals surface area contributed by atoms with Gasteiger partial charge in [0.05, 0.1) is 18.4 Å². The van der Waals surface area contributed by atoms with Crippen LogP contribution in [0.3, 0.4) is 0 Å². The van der Waals surface area contributed by atoms with Gasteiger partial charge in [0.25, 0.3) is 0 Å². The zero-order valence-corrected chi connectivity index (χ0v) is 14.4. The number of piperidine rings is 1. The summed E-state index contributed by atoms with van der Waals surface area (Å²) >= 11 is 0. The minimum absolute atomic E-state index is 0.121. The van der Waals surface area contributed by atoms with E-state index in [4.69, 9.17) is 9.47 Å². The Morgan fingerprint density at radius 1 is 1.33 bits per heavy atom. The van der Waals surface area contributed by atoms with Crippen LogP contribution in [0, 0.1) is 0 Å². The quantitative estimate of drug-likeness (QED) is 0.769. The van der Waals surface area contributed by atoms with Crippen molar-refractivity contribution in [2.24, 2.45) is 0 Å². The van der Waals surface area contributed by atoms with Gasteiger partial charge in [-0.1, -0.05) is 0 Å². The van der Waals surface area contributed by atoms with Crippen LogP contribution in [0.15, 0.2) is 6.07 Å². The van der Waals surface area contributed by atoms with Gasteiger partial charge in [-0.05, 0) is 19.3 Å². The molecule has 2 aliphatic heterocycles. The summed E-state index contributed by atoms with van der Waals surface area (Å²) in [7, 11) is 1.66. The Kier molecular flexibility index (Phi) is 6.37. The molecule has 0 aromatic carbocycles. The molecule has 2 saturated heterocycles. The predicted molar refractivity (Wildman–Crippen MR) is 91.1 cm³/mol. The highest BCUT2D eigenvalue weighted by Gasteiger charge is 2.21. The van der Waals surface area contributed by atoms with Gasteiger partial charge in [0, 0.05) is 51.9 Å². The fourth-order valence-corrected chi connectivity index (χ4v) is 3.26. The van der Waals surface area contributed by atoms with Crippen molar-refractivity contribution in [3.8, 4) is 0 Å². The number of aromatic nitrogens is 2. The summed E-state index contributed by atoms with van der Waals surface area (Å²) in [4.78, 5) is 11.5. The Labute approximate surface area is 143 Å². The molecule has 3 rings (SSSR count). The van der Waals surface area contributed by atoms with Gasteiger partial charge < -0.3 is 24.8 Å². The lowest BCUT2D eigenvalue weighted by molar-refractivity contribution is 0.0845. The van der Waals surface area contributed by atoms with Crippen LogP contribution in [0.5, 0.6) is 0 Å². The van der Waals surface area contributed by atoms with Crippen LogP contribution in [0.4, 0.5) is 5.82 Å². The molecule has 0 spiro atoms. The summed E-state index contributed by atoms with van der Waals surface area (Å²) in [6.07, 6.45) is 2.64. The van der Waals surface area contributed by atoms with Crippen molar-refractivity contribution in [1.29, 1.82) is 0 Å². The van der Waals surface area contributed by atoms with Gasteiger partial charge in [-0.25, -0.2) is 9.97 Å². The fraction of sp³-hybridized carbons (Fsp3) is 0.765. The second-order valence-electron chi connectivity index (χ2n) is 6.59. The molecule has 0 amide bonds. The SMILES string of the molecule is COCc1nc(NCCN2CCC(O)CC2)cc(C2CCOC2)n1. The second kappa shape index (κ2) is 8.71. The number of methoxy groups -OCH3 is 1. The number of hydrogen-bond acceptors (Lipinski definition) is 7. The molecule has 1 aromatic rings. The van der Waals surface area contributed by atoms with Crippen molar-refractivity contribution in [1.82, 2.24) is 14.9 Å². The van der Waals surface area contributed by atoms with E-state index in [1.54, 1.807) is 7.11 Å². The molecular formula is C17H28N4O3. The molecule has 0 bridgehead atoms. The van der Waals surface area contributed by atoms with E-state index in [2.05, 4.69) is 20.2 Å². The third-order valence-corrected chi connectivity index (χ3v) is 4.70. The smallest absolute Gasteiger partial charge is 0.156 e. The molecule has 1 atom stereocenters. The Hall–Kier alpha value is -1.28. The number of likely N-dealkylation sites (tertiary alicyclic amines) is 1. The van der Waals surface area contributed by atoms with E-state index in [1.165, 1.54) is 0 Å². The van der Waals surface area contributed by atoms with E-state index in [0.29, 0.717) is 18.3 Å². The zero-order valence-electron chi connectivity index (χ0n) is 14.4. The van der Waals surface area contributed by atoms with E-state index in [0.717, 1.165) is 70.2 Å². The molecule has 0 aliphatic carbocycles. The minimum atomic E-state index is -0.121. The van der Waals surface area contributed by atoms with E-state index < -0.39 is 0 Å². The molecule has 1 unspecified atom stereocenters. The molecule has 2 aliphatic rings. The third-order valence-electron chi connectivity index (χ3n) is 4.70. The maximum absolute atomic E-state index is 9.56. The summed E-state index contributed by atoms with van der Waals surface area (Å²) in [5, 5.41) is 13.0. The largest absolute Gasteiger partial charge is 0.393 e. The molecule has 2 fully saturated rings. The molecule has 3 heterocycles. The van der Waals surface area contributed by atoms with Crippen molar-refractivity contribution >= 4 is 5.82 Å². The first-order chi connectivity index (χ1) is 11.7. The Balaban J connectivity index is 1.57. The maximum atomic E-state index is 9.56. The molecule has 134 valence electrons. The van der Waals surface area contributed by atoms with Gasteiger partial charge in [0.15, 0.2) is 5.82 Å². The lowest BCUT2D eigenvalue weighted by atomic mass is 10.0. The molecule has 24 heavy (non-hydrogen) atoms. The number of rotatable bonds is 7. The van der Waals surface area contributed by atoms with Crippen molar-refractivity contribution < 1.29 is 14.6 Å². The number of nitrogens with one attached hydrogen (secondary N) is 1. The standard InChI is InChI=1S/C17H28N4O3/c1-23-12-17-19-15(13-4-9-24-11-13)10-16(20-17)18-5-8-21-6-2-14(22)3-7-21/h10,13-14,22H,2-9,11-12H2,1H3,(H,18,19,20). The van der Waals surface area contributed by atoms with Gasteiger partial charge in [0.1, 0.15) is 12.4 Å². The van der Waals surface area contributed by atoms with Gasteiger partial charge in [0.2, 0.25) is 0 Å². The number of aliphatic hydroxyl groups excluding tert-OH is 1. The Morgan fingerprint density at radius 3 is 2.88 bits per heavy atom. The average molecular weight is 336 g/mol. The van der Waals surface area contributed by atoms with Crippen LogP contribution < -0.4 is 5.32 Å². The summed E-state index contributed by atoms with van der Waals surface area (Å²) in [5.41, 5.74) is 1.04. The topological polar surface area (TPSA) is 79.7 Å². The number of aliphatic hydroxyl groups is 1. The summed E-state index contributed by atoms with van der Waals surface area (Å²) in [6.45, 7) is 5.67. The first-order valence-electron chi connectivity index (χ1n) is 8.83. The number of hydrogen-bond donors (Lipinski definition) is 2. The van der Waals surface area contributed by atoms with Crippen LogP contribution in [0.25, 0.3) is 0 Å². The van der Waals surface area contributed by atoms with Crippen molar-refractivity contribution in [3.05, 3.63) is 17.6 Å². The van der Waals surface area contributed by atoms with Crippen molar-refractivity contribution in [3.63, 3.8) is 0 Å².